The minimum atomic E-state index is -0.182. The van der Waals surface area contributed by atoms with Crippen molar-refractivity contribution in [2.45, 2.75) is 26.3 Å². The number of hydrogen-bond donors (Lipinski definition) is 2. The molecule has 0 aromatic heterocycles. The molecule has 0 fully saturated rings. The molecule has 2 heterocycles. The largest absolute Gasteiger partial charge is 0.504 e. The van der Waals surface area contributed by atoms with Crippen molar-refractivity contribution in [3.63, 3.8) is 0 Å². The van der Waals surface area contributed by atoms with Gasteiger partial charge >= 0.3 is 0 Å². The fourth-order valence-electron chi connectivity index (χ4n) is 5.01. The van der Waals surface area contributed by atoms with Crippen molar-refractivity contribution in [1.29, 1.82) is 0 Å². The predicted molar refractivity (Wildman–Crippen MR) is 139 cm³/mol. The van der Waals surface area contributed by atoms with E-state index in [0.717, 1.165) is 39.1 Å². The fraction of sp³-hybridized carbons (Fsp3) is 0.241. The molecule has 2 N–H and O–H groups in total. The lowest BCUT2D eigenvalue weighted by Gasteiger charge is -2.35. The van der Waals surface area contributed by atoms with E-state index < -0.39 is 0 Å². The van der Waals surface area contributed by atoms with Crippen LogP contribution < -0.4 is 24.3 Å². The highest BCUT2D eigenvalue weighted by Crippen LogP contribution is 2.54. The number of aromatic hydroxyl groups is 1. The van der Waals surface area contributed by atoms with Gasteiger partial charge in [-0.15, -0.1) is 0 Å². The van der Waals surface area contributed by atoms with Crippen molar-refractivity contribution in [3.8, 4) is 39.9 Å². The Kier molecular flexibility index (Phi) is 5.39. The van der Waals surface area contributed by atoms with Crippen LogP contribution in [0.2, 0.25) is 0 Å². The van der Waals surface area contributed by atoms with E-state index in [1.54, 1.807) is 33.5 Å². The molecule has 0 unspecified atom stereocenters. The van der Waals surface area contributed by atoms with E-state index in [4.69, 9.17) is 18.9 Å². The maximum Gasteiger partial charge on any atom is 0.172 e. The summed E-state index contributed by atoms with van der Waals surface area (Å²) in [7, 11) is 4.81. The quantitative estimate of drug-likeness (QED) is 0.448. The van der Waals surface area contributed by atoms with Gasteiger partial charge in [0.2, 0.25) is 0 Å². The van der Waals surface area contributed by atoms with Crippen LogP contribution in [0.1, 0.15) is 37.5 Å². The van der Waals surface area contributed by atoms with Gasteiger partial charge in [-0.1, -0.05) is 12.1 Å². The first-order valence-electron chi connectivity index (χ1n) is 11.4. The van der Waals surface area contributed by atoms with Crippen molar-refractivity contribution in [2.75, 3.05) is 26.6 Å². The lowest BCUT2D eigenvalue weighted by molar-refractivity contribution is 0.371. The first-order chi connectivity index (χ1) is 16.7. The second kappa shape index (κ2) is 8.31. The Labute approximate surface area is 205 Å². The molecule has 0 amide bonds. The lowest BCUT2D eigenvalue weighted by Crippen LogP contribution is -2.32. The normalized spacial score (nSPS) is 16.2. The van der Waals surface area contributed by atoms with E-state index in [9.17, 15) is 5.11 Å². The Hall–Kier alpha value is -4.06. The minimum absolute atomic E-state index is 0.0648. The number of hydrogen-bond acceptors (Lipinski definition) is 6. The molecule has 0 atom stereocenters. The predicted octanol–water partition coefficient (Wildman–Crippen LogP) is 6.58. The third-order valence-electron chi connectivity index (χ3n) is 6.34. The van der Waals surface area contributed by atoms with Crippen LogP contribution in [0.25, 0.3) is 28.5 Å². The lowest BCUT2D eigenvalue weighted by atomic mass is 9.83. The highest BCUT2D eigenvalue weighted by Gasteiger charge is 2.33. The fourth-order valence-corrected chi connectivity index (χ4v) is 5.01. The zero-order chi connectivity index (χ0) is 24.9. The van der Waals surface area contributed by atoms with Crippen LogP contribution in [0.3, 0.4) is 0 Å². The minimum Gasteiger partial charge on any atom is -0.504 e. The molecule has 6 nitrogen and oxygen atoms in total. The Morgan fingerprint density at radius 2 is 1.60 bits per heavy atom. The summed E-state index contributed by atoms with van der Waals surface area (Å²) in [6.07, 6.45) is 4.20. The van der Waals surface area contributed by atoms with Gasteiger partial charge in [-0.2, -0.15) is 0 Å². The molecule has 0 radical (unpaired) electrons. The summed E-state index contributed by atoms with van der Waals surface area (Å²) in [6, 6.07) is 13.2. The number of allylic oxidation sites excluding steroid dienone is 1. The number of benzene rings is 3. The standard InChI is InChI=1S/C29H29NO5/c1-16-15-29(2,3)30-21-8-7-20-26(25(16)21)24(13-17-11-18(32-4)14-19(12-17)33-5)35-23-10-9-22(31)28(34-6)27(20)23/h7-15,30-31H,1-6H3/b24-13-. The summed E-state index contributed by atoms with van der Waals surface area (Å²) in [4.78, 5) is 0. The van der Waals surface area contributed by atoms with E-state index in [1.807, 2.05) is 24.3 Å². The summed E-state index contributed by atoms with van der Waals surface area (Å²) < 4.78 is 23.1. The Morgan fingerprint density at radius 1 is 0.886 bits per heavy atom. The van der Waals surface area contributed by atoms with Crippen LogP contribution in [0.15, 0.2) is 48.5 Å². The van der Waals surface area contributed by atoms with Crippen LogP contribution in [0, 0.1) is 0 Å². The molecule has 0 saturated carbocycles. The summed E-state index contributed by atoms with van der Waals surface area (Å²) in [5, 5.41) is 14.1. The van der Waals surface area contributed by atoms with Gasteiger partial charge in [-0.05, 0) is 68.3 Å². The number of methoxy groups -OCH3 is 3. The second-order valence-corrected chi connectivity index (χ2v) is 9.33. The van der Waals surface area contributed by atoms with E-state index >= 15 is 0 Å². The van der Waals surface area contributed by atoms with E-state index in [1.165, 1.54) is 0 Å². The zero-order valence-electron chi connectivity index (χ0n) is 20.8. The molecule has 0 spiro atoms. The molecule has 0 saturated heterocycles. The van der Waals surface area contributed by atoms with Gasteiger partial charge < -0.3 is 29.4 Å². The SMILES string of the molecule is COc1cc(/C=C2\Oc3ccc(O)c(OC)c3-c3ccc4c(c32)C(C)=CC(C)(C)N4)cc(OC)c1. The molecule has 6 heteroatoms. The Morgan fingerprint density at radius 3 is 2.26 bits per heavy atom. The van der Waals surface area contributed by atoms with Gasteiger partial charge in [-0.3, -0.25) is 0 Å². The monoisotopic (exact) mass is 471 g/mol. The highest BCUT2D eigenvalue weighted by atomic mass is 16.5. The third-order valence-corrected chi connectivity index (χ3v) is 6.34. The number of ether oxygens (including phenoxy) is 4. The van der Waals surface area contributed by atoms with E-state index in [-0.39, 0.29) is 11.3 Å². The first-order valence-corrected chi connectivity index (χ1v) is 11.4. The first kappa shape index (κ1) is 22.7. The van der Waals surface area contributed by atoms with Crippen LogP contribution >= 0.6 is 0 Å². The molecule has 5 rings (SSSR count). The van der Waals surface area contributed by atoms with Crippen molar-refractivity contribution < 1.29 is 24.1 Å². The average molecular weight is 472 g/mol. The zero-order valence-corrected chi connectivity index (χ0v) is 20.8. The van der Waals surface area contributed by atoms with Gasteiger partial charge in [0.25, 0.3) is 0 Å². The number of fused-ring (bicyclic) bond motifs is 5. The third kappa shape index (κ3) is 3.85. The van der Waals surface area contributed by atoms with Crippen molar-refractivity contribution in [3.05, 3.63) is 65.2 Å². The van der Waals surface area contributed by atoms with Crippen molar-refractivity contribution in [1.82, 2.24) is 0 Å². The molecule has 2 aliphatic heterocycles. The Balaban J connectivity index is 1.82. The van der Waals surface area contributed by atoms with Crippen LogP contribution in [-0.4, -0.2) is 32.0 Å². The summed E-state index contributed by atoms with van der Waals surface area (Å²) in [5.74, 6) is 3.12. The maximum absolute atomic E-state index is 10.5. The molecule has 2 aliphatic rings. The second-order valence-electron chi connectivity index (χ2n) is 9.33. The van der Waals surface area contributed by atoms with Crippen LogP contribution in [0.5, 0.6) is 28.7 Å². The van der Waals surface area contributed by atoms with E-state index in [2.05, 4.69) is 44.3 Å². The van der Waals surface area contributed by atoms with Gasteiger partial charge in [0.05, 0.1) is 32.4 Å². The van der Waals surface area contributed by atoms with Crippen LogP contribution in [0.4, 0.5) is 5.69 Å². The smallest absolute Gasteiger partial charge is 0.172 e. The van der Waals surface area contributed by atoms with Gasteiger partial charge in [0.1, 0.15) is 23.0 Å². The summed E-state index contributed by atoms with van der Waals surface area (Å²) >= 11 is 0. The van der Waals surface area contributed by atoms with Crippen molar-refractivity contribution in [2.24, 2.45) is 0 Å². The molecule has 180 valence electrons. The molecule has 0 bridgehead atoms. The number of rotatable bonds is 4. The number of phenols is 1. The van der Waals surface area contributed by atoms with Gasteiger partial charge in [-0.25, -0.2) is 0 Å². The highest BCUT2D eigenvalue weighted by molar-refractivity contribution is 6.02. The number of nitrogens with one attached hydrogen (secondary N) is 1. The topological polar surface area (TPSA) is 69.2 Å². The van der Waals surface area contributed by atoms with Crippen molar-refractivity contribution >= 4 is 23.1 Å². The van der Waals surface area contributed by atoms with Gasteiger partial charge in [0.15, 0.2) is 11.5 Å². The molecular weight excluding hydrogens is 442 g/mol. The Bertz CT molecular complexity index is 1380. The average Bonchev–Trinajstić information content (AvgIpc) is 2.82. The summed E-state index contributed by atoms with van der Waals surface area (Å²) in [5.41, 5.74) is 6.49. The molecule has 35 heavy (non-hydrogen) atoms. The van der Waals surface area contributed by atoms with E-state index in [0.29, 0.717) is 28.8 Å². The summed E-state index contributed by atoms with van der Waals surface area (Å²) in [6.45, 7) is 6.40. The molecule has 3 aromatic rings. The van der Waals surface area contributed by atoms with Crippen LogP contribution in [-0.2, 0) is 0 Å². The molecule has 3 aromatic carbocycles. The number of phenolic OH excluding ortho intramolecular Hbond substituents is 1. The molecule has 0 aliphatic carbocycles. The number of anilines is 1. The molecular formula is C29H29NO5. The maximum atomic E-state index is 10.5. The van der Waals surface area contributed by atoms with Gasteiger partial charge in [0, 0.05) is 28.4 Å².